The quantitative estimate of drug-likeness (QED) is 0.872. The Labute approximate surface area is 136 Å². The van der Waals surface area contributed by atoms with E-state index in [-0.39, 0.29) is 16.5 Å². The van der Waals surface area contributed by atoms with Crippen molar-refractivity contribution in [1.82, 2.24) is 4.98 Å². The third kappa shape index (κ3) is 2.76. The fourth-order valence-electron chi connectivity index (χ4n) is 2.25. The molecule has 1 aromatic carbocycles. The second kappa shape index (κ2) is 5.73. The number of carbonyl (C=O) groups is 2. The highest BCUT2D eigenvalue weighted by Gasteiger charge is 2.29. The number of carbonyl (C=O) groups excluding carboxylic acids is 2. The van der Waals surface area contributed by atoms with Gasteiger partial charge in [0, 0.05) is 22.5 Å². The van der Waals surface area contributed by atoms with E-state index in [1.807, 2.05) is 12.1 Å². The van der Waals surface area contributed by atoms with Crippen molar-refractivity contribution >= 4 is 41.0 Å². The van der Waals surface area contributed by atoms with Crippen molar-refractivity contribution in [2.45, 2.75) is 6.92 Å². The molecule has 1 amide bonds. The topological polar surface area (TPSA) is 88.6 Å². The highest BCUT2D eigenvalue weighted by Crippen LogP contribution is 2.28. The first-order valence-corrected chi connectivity index (χ1v) is 7.11. The third-order valence-corrected chi connectivity index (χ3v) is 3.73. The van der Waals surface area contributed by atoms with Crippen molar-refractivity contribution in [3.8, 4) is 0 Å². The van der Waals surface area contributed by atoms with Gasteiger partial charge in [-0.1, -0.05) is 11.6 Å². The van der Waals surface area contributed by atoms with Crippen molar-refractivity contribution in [3.05, 3.63) is 58.4 Å². The van der Waals surface area contributed by atoms with E-state index in [0.29, 0.717) is 17.0 Å². The zero-order valence-corrected chi connectivity index (χ0v) is 12.8. The number of carboxylic acids is 1. The minimum absolute atomic E-state index is 0.0447. The van der Waals surface area contributed by atoms with Gasteiger partial charge in [0.25, 0.3) is 5.91 Å². The number of hydrogen-bond acceptors (Lipinski definition) is 4. The Balaban J connectivity index is 1.98. The smallest absolute Gasteiger partial charge is 0.280 e. The number of carboxylic acid groups (broad SMARTS) is 1. The molecule has 3 rings (SSSR count). The summed E-state index contributed by atoms with van der Waals surface area (Å²) in [7, 11) is 0. The maximum atomic E-state index is 12.5. The summed E-state index contributed by atoms with van der Waals surface area (Å²) in [6, 6.07) is 7.84. The number of hydrogen-bond donors (Lipinski definition) is 1. The maximum absolute atomic E-state index is 12.5. The van der Waals surface area contributed by atoms with Gasteiger partial charge in [0.1, 0.15) is 0 Å². The standard InChI is InChI=1S/C16H12ClN3O3/c1-9-12(7-10-3-2-6-18-10)15(21)20(19-9)11-4-5-14(17)13(8-11)16(22)23/h2-8,18H,1H3,(H,22,23)/p-1/b12-7+. The molecular formula is C16H11ClN3O3-. The summed E-state index contributed by atoms with van der Waals surface area (Å²) in [4.78, 5) is 26.6. The molecule has 1 aliphatic rings. The first-order valence-electron chi connectivity index (χ1n) is 6.73. The highest BCUT2D eigenvalue weighted by atomic mass is 35.5. The number of halogens is 1. The van der Waals surface area contributed by atoms with E-state index in [1.165, 1.54) is 18.2 Å². The number of nitrogens with zero attached hydrogens (tertiary/aromatic N) is 2. The van der Waals surface area contributed by atoms with Gasteiger partial charge < -0.3 is 14.9 Å². The van der Waals surface area contributed by atoms with Gasteiger partial charge in [0.15, 0.2) is 0 Å². The summed E-state index contributed by atoms with van der Waals surface area (Å²) >= 11 is 5.81. The van der Waals surface area contributed by atoms with Crippen LogP contribution in [-0.4, -0.2) is 22.6 Å². The molecule has 0 saturated carbocycles. The predicted octanol–water partition coefficient (Wildman–Crippen LogP) is 1.84. The monoisotopic (exact) mass is 328 g/mol. The van der Waals surface area contributed by atoms with Crippen LogP contribution in [0.25, 0.3) is 6.08 Å². The van der Waals surface area contributed by atoms with Crippen LogP contribution < -0.4 is 10.1 Å². The summed E-state index contributed by atoms with van der Waals surface area (Å²) in [5, 5.41) is 16.4. The molecule has 0 unspecified atom stereocenters. The molecule has 1 aromatic heterocycles. The molecule has 0 fully saturated rings. The predicted molar refractivity (Wildman–Crippen MR) is 85.1 cm³/mol. The van der Waals surface area contributed by atoms with Crippen LogP contribution in [0, 0.1) is 0 Å². The Hall–Kier alpha value is -2.86. The number of nitrogens with one attached hydrogen (secondary N) is 1. The normalized spacial score (nSPS) is 16.1. The molecule has 1 aliphatic heterocycles. The van der Waals surface area contributed by atoms with Crippen molar-refractivity contribution in [2.24, 2.45) is 5.10 Å². The number of aromatic carboxylic acids is 1. The van der Waals surface area contributed by atoms with E-state index in [0.717, 1.165) is 10.7 Å². The SMILES string of the molecule is CC1=NN(c2ccc(Cl)c(C(=O)[O-])c2)C(=O)/C1=C/c1ccc[nH]1. The lowest BCUT2D eigenvalue weighted by molar-refractivity contribution is -0.255. The molecule has 0 spiro atoms. The zero-order valence-electron chi connectivity index (χ0n) is 12.0. The van der Waals surface area contributed by atoms with Crippen LogP contribution in [0.1, 0.15) is 23.0 Å². The van der Waals surface area contributed by atoms with E-state index >= 15 is 0 Å². The van der Waals surface area contributed by atoms with Crippen molar-refractivity contribution in [3.63, 3.8) is 0 Å². The van der Waals surface area contributed by atoms with Crippen LogP contribution in [0.15, 0.2) is 47.2 Å². The number of aromatic nitrogens is 1. The van der Waals surface area contributed by atoms with Gasteiger partial charge in [0.2, 0.25) is 0 Å². The number of H-pyrrole nitrogens is 1. The number of anilines is 1. The lowest BCUT2D eigenvalue weighted by Gasteiger charge is -2.14. The zero-order chi connectivity index (χ0) is 16.6. The van der Waals surface area contributed by atoms with Gasteiger partial charge in [-0.15, -0.1) is 0 Å². The van der Waals surface area contributed by atoms with Crippen LogP contribution in [0.2, 0.25) is 5.02 Å². The van der Waals surface area contributed by atoms with Crippen molar-refractivity contribution in [2.75, 3.05) is 5.01 Å². The molecular weight excluding hydrogens is 318 g/mol. The minimum Gasteiger partial charge on any atom is -0.545 e. The summed E-state index contributed by atoms with van der Waals surface area (Å²) in [5.74, 6) is -1.75. The fourth-order valence-corrected chi connectivity index (χ4v) is 2.44. The van der Waals surface area contributed by atoms with Gasteiger partial charge in [0.05, 0.1) is 22.9 Å². The molecule has 2 aromatic rings. The van der Waals surface area contributed by atoms with Gasteiger partial charge >= 0.3 is 0 Å². The Morgan fingerprint density at radius 1 is 1.39 bits per heavy atom. The van der Waals surface area contributed by atoms with Crippen molar-refractivity contribution < 1.29 is 14.7 Å². The number of aromatic amines is 1. The second-order valence-corrected chi connectivity index (χ2v) is 5.34. The van der Waals surface area contributed by atoms with Crippen LogP contribution in [0.4, 0.5) is 5.69 Å². The summed E-state index contributed by atoms with van der Waals surface area (Å²) in [6.07, 6.45) is 3.44. The Morgan fingerprint density at radius 2 is 2.17 bits per heavy atom. The van der Waals surface area contributed by atoms with Gasteiger partial charge in [-0.05, 0) is 43.3 Å². The molecule has 0 saturated heterocycles. The average Bonchev–Trinajstić information content (AvgIpc) is 3.11. The van der Waals surface area contributed by atoms with E-state index in [9.17, 15) is 14.7 Å². The summed E-state index contributed by atoms with van der Waals surface area (Å²) in [5.41, 5.74) is 1.86. The van der Waals surface area contributed by atoms with Gasteiger partial charge in [-0.2, -0.15) is 10.1 Å². The van der Waals surface area contributed by atoms with E-state index < -0.39 is 5.97 Å². The number of amides is 1. The fraction of sp³-hybridized carbons (Fsp3) is 0.0625. The summed E-state index contributed by atoms with van der Waals surface area (Å²) in [6.45, 7) is 1.71. The molecule has 0 aliphatic carbocycles. The molecule has 0 atom stereocenters. The molecule has 0 bridgehead atoms. The maximum Gasteiger partial charge on any atom is 0.280 e. The molecule has 2 heterocycles. The largest absolute Gasteiger partial charge is 0.545 e. The molecule has 116 valence electrons. The van der Waals surface area contributed by atoms with Crippen molar-refractivity contribution in [1.29, 1.82) is 0 Å². The Bertz CT molecular complexity index is 853. The summed E-state index contributed by atoms with van der Waals surface area (Å²) < 4.78 is 0. The Kier molecular flexibility index (Phi) is 3.75. The van der Waals surface area contributed by atoms with Gasteiger partial charge in [-0.25, -0.2) is 0 Å². The van der Waals surface area contributed by atoms with Gasteiger partial charge in [-0.3, -0.25) is 4.79 Å². The lowest BCUT2D eigenvalue weighted by atomic mass is 10.1. The highest BCUT2D eigenvalue weighted by molar-refractivity contribution is 6.34. The number of hydrazone groups is 1. The van der Waals surface area contributed by atoms with E-state index in [4.69, 9.17) is 11.6 Å². The first-order chi connectivity index (χ1) is 11.0. The lowest BCUT2D eigenvalue weighted by Crippen LogP contribution is -2.25. The number of benzene rings is 1. The second-order valence-electron chi connectivity index (χ2n) is 4.94. The van der Waals surface area contributed by atoms with Crippen LogP contribution >= 0.6 is 11.6 Å². The van der Waals surface area contributed by atoms with Crippen LogP contribution in [0.5, 0.6) is 0 Å². The molecule has 1 N–H and O–H groups in total. The molecule has 6 nitrogen and oxygen atoms in total. The van der Waals surface area contributed by atoms with Crippen LogP contribution in [0.3, 0.4) is 0 Å². The number of rotatable bonds is 3. The average molecular weight is 329 g/mol. The van der Waals surface area contributed by atoms with E-state index in [1.54, 1.807) is 19.2 Å². The third-order valence-electron chi connectivity index (χ3n) is 3.40. The first kappa shape index (κ1) is 15.1. The van der Waals surface area contributed by atoms with Crippen LogP contribution in [-0.2, 0) is 4.79 Å². The molecule has 0 radical (unpaired) electrons. The Morgan fingerprint density at radius 3 is 2.83 bits per heavy atom. The minimum atomic E-state index is -1.41. The molecule has 23 heavy (non-hydrogen) atoms. The van der Waals surface area contributed by atoms with E-state index in [2.05, 4.69) is 10.1 Å². The molecule has 7 heteroatoms.